The smallest absolute Gasteiger partial charge is 0.243 e. The molecule has 2 fully saturated rings. The first-order valence-electron chi connectivity index (χ1n) is 11.8. The molecular weight excluding hydrogens is 422 g/mol. The number of anilines is 2. The zero-order chi connectivity index (χ0) is 22.1. The third-order valence-electron chi connectivity index (χ3n) is 7.14. The summed E-state index contributed by atoms with van der Waals surface area (Å²) in [6, 6.07) is 13.5. The van der Waals surface area contributed by atoms with Gasteiger partial charge in [0.2, 0.25) is 15.9 Å². The lowest BCUT2D eigenvalue weighted by molar-refractivity contribution is -0.120. The van der Waals surface area contributed by atoms with Crippen molar-refractivity contribution >= 4 is 27.3 Å². The molecule has 0 aromatic heterocycles. The summed E-state index contributed by atoms with van der Waals surface area (Å²) in [7, 11) is -3.38. The minimum atomic E-state index is -3.38. The molecule has 170 valence electrons. The summed E-state index contributed by atoms with van der Waals surface area (Å²) in [6.45, 7) is 2.82. The fraction of sp³-hybridized carbons (Fsp3) is 0.480. The Labute approximate surface area is 190 Å². The van der Waals surface area contributed by atoms with Crippen LogP contribution < -0.4 is 10.2 Å². The van der Waals surface area contributed by atoms with Gasteiger partial charge in [0.1, 0.15) is 0 Å². The Morgan fingerprint density at radius 1 is 0.844 bits per heavy atom. The highest BCUT2D eigenvalue weighted by Crippen LogP contribution is 2.28. The van der Waals surface area contributed by atoms with Crippen LogP contribution in [-0.4, -0.2) is 44.8 Å². The summed E-state index contributed by atoms with van der Waals surface area (Å²) in [5, 5.41) is 3.12. The van der Waals surface area contributed by atoms with Crippen molar-refractivity contribution in [2.75, 3.05) is 36.4 Å². The predicted molar refractivity (Wildman–Crippen MR) is 126 cm³/mol. The lowest BCUT2D eigenvalue weighted by Gasteiger charge is -2.33. The zero-order valence-electron chi connectivity index (χ0n) is 18.4. The van der Waals surface area contributed by atoms with E-state index >= 15 is 0 Å². The van der Waals surface area contributed by atoms with Crippen molar-refractivity contribution in [3.05, 3.63) is 53.6 Å². The van der Waals surface area contributed by atoms with Gasteiger partial charge in [0.15, 0.2) is 0 Å². The first kappa shape index (κ1) is 21.5. The number of carbonyl (C=O) groups excluding carboxylic acids is 1. The Bertz CT molecular complexity index is 1080. The molecular formula is C25H31N3O3S. The molecule has 2 aromatic carbocycles. The minimum Gasteiger partial charge on any atom is -0.371 e. The molecule has 3 aliphatic rings. The fourth-order valence-corrected chi connectivity index (χ4v) is 6.72. The third-order valence-corrected chi connectivity index (χ3v) is 9.05. The molecule has 2 saturated heterocycles. The Hall–Kier alpha value is -2.38. The number of amides is 1. The second-order valence-electron chi connectivity index (χ2n) is 9.19. The van der Waals surface area contributed by atoms with Crippen LogP contribution in [0, 0.1) is 5.92 Å². The van der Waals surface area contributed by atoms with Crippen LogP contribution in [-0.2, 0) is 27.7 Å². The molecule has 32 heavy (non-hydrogen) atoms. The molecule has 6 nitrogen and oxygen atoms in total. The van der Waals surface area contributed by atoms with Crippen molar-refractivity contribution in [3.8, 4) is 0 Å². The number of nitrogens with zero attached hydrogens (tertiary/aromatic N) is 2. The molecule has 0 spiro atoms. The van der Waals surface area contributed by atoms with Gasteiger partial charge in [0.05, 0.1) is 4.90 Å². The van der Waals surface area contributed by atoms with Crippen molar-refractivity contribution in [2.24, 2.45) is 5.92 Å². The average Bonchev–Trinajstić information content (AvgIpc) is 3.52. The van der Waals surface area contributed by atoms with Gasteiger partial charge >= 0.3 is 0 Å². The number of hydrogen-bond donors (Lipinski definition) is 1. The van der Waals surface area contributed by atoms with Crippen molar-refractivity contribution in [1.29, 1.82) is 0 Å². The van der Waals surface area contributed by atoms with E-state index in [0.717, 1.165) is 63.0 Å². The molecule has 2 aromatic rings. The number of benzene rings is 2. The molecule has 0 unspecified atom stereocenters. The molecule has 5 rings (SSSR count). The molecule has 7 heteroatoms. The second kappa shape index (κ2) is 8.87. The maximum Gasteiger partial charge on any atom is 0.243 e. The standard InChI is InChI=1S/C25H31N3O3S/c29-25(26-22-7-6-19-4-3-5-21(19)18-22)20-12-16-27(17-13-20)23-8-10-24(11-9-23)32(30,31)28-14-1-2-15-28/h6-11,18,20H,1-5,12-17H2,(H,26,29). The van der Waals surface area contributed by atoms with E-state index in [0.29, 0.717) is 18.0 Å². The Morgan fingerprint density at radius 3 is 2.25 bits per heavy atom. The molecule has 0 saturated carbocycles. The highest BCUT2D eigenvalue weighted by Gasteiger charge is 2.28. The lowest BCUT2D eigenvalue weighted by atomic mass is 9.95. The van der Waals surface area contributed by atoms with Crippen LogP contribution in [0.3, 0.4) is 0 Å². The number of hydrogen-bond acceptors (Lipinski definition) is 4. The Kier molecular flexibility index (Phi) is 5.95. The van der Waals surface area contributed by atoms with E-state index in [1.807, 2.05) is 18.2 Å². The van der Waals surface area contributed by atoms with Crippen molar-refractivity contribution in [2.45, 2.75) is 49.8 Å². The van der Waals surface area contributed by atoms with Crippen LogP contribution in [0.2, 0.25) is 0 Å². The highest BCUT2D eigenvalue weighted by atomic mass is 32.2. The Morgan fingerprint density at radius 2 is 1.53 bits per heavy atom. The number of nitrogens with one attached hydrogen (secondary N) is 1. The number of piperidine rings is 1. The van der Waals surface area contributed by atoms with E-state index < -0.39 is 10.0 Å². The van der Waals surface area contributed by atoms with Crippen LogP contribution in [0.4, 0.5) is 11.4 Å². The SMILES string of the molecule is O=C(Nc1ccc2c(c1)CCC2)C1CCN(c2ccc(S(=O)(=O)N3CCCC3)cc2)CC1. The molecule has 0 radical (unpaired) electrons. The quantitative estimate of drug-likeness (QED) is 0.747. The van der Waals surface area contributed by atoms with Gasteiger partial charge in [-0.3, -0.25) is 4.79 Å². The molecule has 0 atom stereocenters. The van der Waals surface area contributed by atoms with Gasteiger partial charge in [0, 0.05) is 43.5 Å². The molecule has 0 bridgehead atoms. The second-order valence-corrected chi connectivity index (χ2v) is 11.1. The van der Waals surface area contributed by atoms with Crippen molar-refractivity contribution in [1.82, 2.24) is 4.31 Å². The summed E-state index contributed by atoms with van der Waals surface area (Å²) in [6.07, 6.45) is 6.92. The monoisotopic (exact) mass is 453 g/mol. The van der Waals surface area contributed by atoms with Gasteiger partial charge in [0.25, 0.3) is 0 Å². The highest BCUT2D eigenvalue weighted by molar-refractivity contribution is 7.89. The van der Waals surface area contributed by atoms with Gasteiger partial charge in [-0.1, -0.05) is 6.07 Å². The summed E-state index contributed by atoms with van der Waals surface area (Å²) in [4.78, 5) is 15.4. The van der Waals surface area contributed by atoms with Crippen molar-refractivity contribution in [3.63, 3.8) is 0 Å². The van der Waals surface area contributed by atoms with Gasteiger partial charge in [-0.25, -0.2) is 8.42 Å². The maximum absolute atomic E-state index is 12.8. The maximum atomic E-state index is 12.8. The van der Waals surface area contributed by atoms with Gasteiger partial charge in [-0.15, -0.1) is 0 Å². The molecule has 1 N–H and O–H groups in total. The zero-order valence-corrected chi connectivity index (χ0v) is 19.2. The fourth-order valence-electron chi connectivity index (χ4n) is 5.20. The topological polar surface area (TPSA) is 69.7 Å². The minimum absolute atomic E-state index is 0.00863. The normalized spacial score (nSPS) is 19.8. The Balaban J connectivity index is 1.17. The molecule has 2 heterocycles. The van der Waals surface area contributed by atoms with Gasteiger partial charge in [-0.05, 0) is 92.5 Å². The number of rotatable bonds is 5. The van der Waals surface area contributed by atoms with Crippen LogP contribution >= 0.6 is 0 Å². The molecule has 1 amide bonds. The molecule has 2 aliphatic heterocycles. The van der Waals surface area contributed by atoms with Crippen molar-refractivity contribution < 1.29 is 13.2 Å². The van der Waals surface area contributed by atoms with Crippen LogP contribution in [0.1, 0.15) is 43.2 Å². The largest absolute Gasteiger partial charge is 0.371 e. The lowest BCUT2D eigenvalue weighted by Crippen LogP contribution is -2.38. The van der Waals surface area contributed by atoms with Gasteiger partial charge < -0.3 is 10.2 Å². The van der Waals surface area contributed by atoms with E-state index in [4.69, 9.17) is 0 Å². The number of fused-ring (bicyclic) bond motifs is 1. The summed E-state index contributed by atoms with van der Waals surface area (Å²) in [5.41, 5.74) is 4.71. The van der Waals surface area contributed by atoms with E-state index in [2.05, 4.69) is 22.3 Å². The number of sulfonamides is 1. The first-order valence-corrected chi connectivity index (χ1v) is 13.2. The van der Waals surface area contributed by atoms with Crippen LogP contribution in [0.15, 0.2) is 47.4 Å². The number of carbonyl (C=O) groups is 1. The summed E-state index contributed by atoms with van der Waals surface area (Å²) in [5.74, 6) is 0.115. The van der Waals surface area contributed by atoms with Crippen LogP contribution in [0.25, 0.3) is 0 Å². The van der Waals surface area contributed by atoms with E-state index in [9.17, 15) is 13.2 Å². The van der Waals surface area contributed by atoms with Crippen LogP contribution in [0.5, 0.6) is 0 Å². The third kappa shape index (κ3) is 4.28. The average molecular weight is 454 g/mol. The number of aryl methyl sites for hydroxylation is 2. The predicted octanol–water partition coefficient (Wildman–Crippen LogP) is 3.81. The molecule has 1 aliphatic carbocycles. The van der Waals surface area contributed by atoms with E-state index in [1.54, 1.807) is 16.4 Å². The first-order chi connectivity index (χ1) is 15.5. The summed E-state index contributed by atoms with van der Waals surface area (Å²) < 4.78 is 27.0. The van der Waals surface area contributed by atoms with E-state index in [-0.39, 0.29) is 11.8 Å². The van der Waals surface area contributed by atoms with Gasteiger partial charge in [-0.2, -0.15) is 4.31 Å². The van der Waals surface area contributed by atoms with E-state index in [1.165, 1.54) is 17.5 Å². The summed E-state index contributed by atoms with van der Waals surface area (Å²) >= 11 is 0.